The number of thiazole rings is 1. The molecule has 1 saturated heterocycles. The van der Waals surface area contributed by atoms with E-state index in [0.717, 1.165) is 58.6 Å². The molecule has 0 unspecified atom stereocenters. The van der Waals surface area contributed by atoms with Crippen molar-refractivity contribution in [3.63, 3.8) is 0 Å². The van der Waals surface area contributed by atoms with E-state index in [-0.39, 0.29) is 12.5 Å². The molecule has 3 aromatic rings. The molecule has 0 bridgehead atoms. The number of nitrogens with zero attached hydrogens (tertiary/aromatic N) is 5. The highest BCUT2D eigenvalue weighted by Gasteiger charge is 2.23. The van der Waals surface area contributed by atoms with Crippen molar-refractivity contribution in [3.8, 4) is 5.88 Å². The van der Waals surface area contributed by atoms with Gasteiger partial charge in [0.15, 0.2) is 5.13 Å². The average Bonchev–Trinajstić information content (AvgIpc) is 3.45. The number of fused-ring (bicyclic) bond motifs is 1. The van der Waals surface area contributed by atoms with Crippen LogP contribution in [0.1, 0.15) is 16.0 Å². The summed E-state index contributed by atoms with van der Waals surface area (Å²) >= 11 is 14.1. The Morgan fingerprint density at radius 1 is 1.06 bits per heavy atom. The molecule has 1 fully saturated rings. The number of rotatable bonds is 6. The first-order valence-electron chi connectivity index (χ1n) is 11.0. The maximum absolute atomic E-state index is 10.9. The summed E-state index contributed by atoms with van der Waals surface area (Å²) < 4.78 is 0. The molecule has 0 amide bonds. The van der Waals surface area contributed by atoms with Gasteiger partial charge in [-0.3, -0.25) is 4.90 Å². The lowest BCUT2D eigenvalue weighted by atomic mass is 10.00. The van der Waals surface area contributed by atoms with E-state index in [9.17, 15) is 10.2 Å². The second kappa shape index (κ2) is 10.0. The molecule has 0 saturated carbocycles. The number of hydrogen-bond donors (Lipinski definition) is 2. The molecule has 7 nitrogen and oxygen atoms in total. The number of halogens is 2. The summed E-state index contributed by atoms with van der Waals surface area (Å²) in [5.74, 6) is 0.0109. The Labute approximate surface area is 210 Å². The SMILES string of the molecule is OCCN1CCN(c2nc(O)c(C(Cc3ccc(Cl)cc3Cl)=c3ccc4c(c3)C=NN=4)s2)CC1. The van der Waals surface area contributed by atoms with Crippen molar-refractivity contribution < 1.29 is 10.2 Å². The molecule has 10 heteroatoms. The zero-order valence-corrected chi connectivity index (χ0v) is 20.6. The monoisotopic (exact) mass is 515 g/mol. The minimum absolute atomic E-state index is 0.0109. The molecule has 2 N–H and O–H groups in total. The van der Waals surface area contributed by atoms with E-state index >= 15 is 0 Å². The van der Waals surface area contributed by atoms with Crippen LogP contribution < -0.4 is 15.5 Å². The molecular weight excluding hydrogens is 493 g/mol. The van der Waals surface area contributed by atoms with Crippen molar-refractivity contribution in [2.24, 2.45) is 10.2 Å². The van der Waals surface area contributed by atoms with Gasteiger partial charge in [0.25, 0.3) is 0 Å². The van der Waals surface area contributed by atoms with Crippen LogP contribution in [0.15, 0.2) is 46.6 Å². The van der Waals surface area contributed by atoms with Gasteiger partial charge in [0.1, 0.15) is 0 Å². The highest BCUT2D eigenvalue weighted by molar-refractivity contribution is 7.17. The summed E-state index contributed by atoms with van der Waals surface area (Å²) in [5, 5.41) is 32.0. The predicted octanol–water partition coefficient (Wildman–Crippen LogP) is 2.68. The fraction of sp³-hybridized carbons (Fsp3) is 0.292. The van der Waals surface area contributed by atoms with E-state index in [0.29, 0.717) is 27.9 Å². The first kappa shape index (κ1) is 23.3. The molecule has 5 rings (SSSR count). The summed E-state index contributed by atoms with van der Waals surface area (Å²) in [6.45, 7) is 4.12. The number of anilines is 1. The number of benzene rings is 2. The number of aromatic nitrogens is 1. The van der Waals surface area contributed by atoms with Gasteiger partial charge in [-0.15, -0.1) is 0 Å². The van der Waals surface area contributed by atoms with Crippen molar-refractivity contribution in [3.05, 3.63) is 73.0 Å². The second-order valence-electron chi connectivity index (χ2n) is 8.21. The summed E-state index contributed by atoms with van der Waals surface area (Å²) in [7, 11) is 0. The van der Waals surface area contributed by atoms with Gasteiger partial charge in [-0.05, 0) is 40.6 Å². The Morgan fingerprint density at radius 2 is 1.88 bits per heavy atom. The highest BCUT2D eigenvalue weighted by atomic mass is 35.5. The quantitative estimate of drug-likeness (QED) is 0.527. The van der Waals surface area contributed by atoms with E-state index in [1.807, 2.05) is 30.3 Å². The van der Waals surface area contributed by atoms with E-state index in [2.05, 4.69) is 25.0 Å². The summed E-state index contributed by atoms with van der Waals surface area (Å²) in [6.07, 6.45) is 2.23. The van der Waals surface area contributed by atoms with Crippen LogP contribution in [0.25, 0.3) is 5.57 Å². The van der Waals surface area contributed by atoms with Gasteiger partial charge in [0.05, 0.1) is 23.1 Å². The number of aromatic hydroxyl groups is 1. The van der Waals surface area contributed by atoms with Crippen LogP contribution in [0, 0.1) is 0 Å². The largest absolute Gasteiger partial charge is 0.492 e. The third-order valence-corrected chi connectivity index (χ3v) is 7.80. The first-order valence-corrected chi connectivity index (χ1v) is 12.6. The molecule has 0 aliphatic carbocycles. The van der Waals surface area contributed by atoms with Crippen molar-refractivity contribution in [1.82, 2.24) is 9.88 Å². The number of aliphatic hydroxyl groups excluding tert-OH is 1. The fourth-order valence-electron chi connectivity index (χ4n) is 4.20. The molecule has 2 aliphatic heterocycles. The molecule has 0 spiro atoms. The summed E-state index contributed by atoms with van der Waals surface area (Å²) in [5.41, 5.74) is 2.76. The van der Waals surface area contributed by atoms with Crippen LogP contribution in [0.3, 0.4) is 0 Å². The van der Waals surface area contributed by atoms with Crippen LogP contribution in [-0.2, 0) is 6.42 Å². The van der Waals surface area contributed by atoms with Gasteiger partial charge in [0.2, 0.25) is 5.88 Å². The average molecular weight is 516 g/mol. The molecule has 2 aromatic carbocycles. The summed E-state index contributed by atoms with van der Waals surface area (Å²) in [4.78, 5) is 9.64. The van der Waals surface area contributed by atoms with Crippen LogP contribution >= 0.6 is 34.5 Å². The molecular formula is C24H23Cl2N5O2S. The lowest BCUT2D eigenvalue weighted by Crippen LogP contribution is -2.47. The molecule has 34 heavy (non-hydrogen) atoms. The number of hydrogen-bond acceptors (Lipinski definition) is 8. The summed E-state index contributed by atoms with van der Waals surface area (Å²) in [6, 6.07) is 11.4. The van der Waals surface area contributed by atoms with E-state index in [1.54, 1.807) is 12.3 Å². The van der Waals surface area contributed by atoms with Gasteiger partial charge in [0, 0.05) is 54.8 Å². The Balaban J connectivity index is 1.55. The topological polar surface area (TPSA) is 84.5 Å². The first-order chi connectivity index (χ1) is 16.5. The van der Waals surface area contributed by atoms with Gasteiger partial charge >= 0.3 is 0 Å². The Bertz CT molecular complexity index is 1370. The minimum Gasteiger partial charge on any atom is -0.492 e. The minimum atomic E-state index is 0.0109. The number of piperazine rings is 1. The van der Waals surface area contributed by atoms with Gasteiger partial charge in [-0.2, -0.15) is 15.2 Å². The van der Waals surface area contributed by atoms with Crippen LogP contribution in [-0.4, -0.2) is 65.6 Å². The third kappa shape index (κ3) is 4.82. The standard InChI is InChI=1S/C24H23Cl2N5O2S/c25-18-3-1-16(20(26)13-18)12-19(15-2-4-21-17(11-15)14-27-29-21)22-23(33)28-24(34-22)31-7-5-30(6-8-31)9-10-32/h1-4,11,13-14,32-33H,5-10,12H2. The smallest absolute Gasteiger partial charge is 0.231 e. The predicted molar refractivity (Wildman–Crippen MR) is 137 cm³/mol. The van der Waals surface area contributed by atoms with E-state index < -0.39 is 0 Å². The highest BCUT2D eigenvalue weighted by Crippen LogP contribution is 2.37. The lowest BCUT2D eigenvalue weighted by Gasteiger charge is -2.34. The Morgan fingerprint density at radius 3 is 2.65 bits per heavy atom. The zero-order chi connectivity index (χ0) is 23.7. The molecule has 176 valence electrons. The van der Waals surface area contributed by atoms with Crippen molar-refractivity contribution in [2.45, 2.75) is 6.42 Å². The Hall–Kier alpha value is -2.49. The maximum Gasteiger partial charge on any atom is 0.231 e. The van der Waals surface area contributed by atoms with E-state index in [1.165, 1.54) is 11.3 Å². The van der Waals surface area contributed by atoms with Gasteiger partial charge in [-0.1, -0.05) is 46.7 Å². The van der Waals surface area contributed by atoms with Gasteiger partial charge in [-0.25, -0.2) is 0 Å². The second-order valence-corrected chi connectivity index (χ2v) is 10.0. The normalized spacial score (nSPS) is 16.5. The van der Waals surface area contributed by atoms with Gasteiger partial charge < -0.3 is 15.1 Å². The molecule has 1 aromatic heterocycles. The van der Waals surface area contributed by atoms with Crippen LogP contribution in [0.5, 0.6) is 5.88 Å². The van der Waals surface area contributed by atoms with Crippen LogP contribution in [0.4, 0.5) is 5.13 Å². The van der Waals surface area contributed by atoms with Crippen molar-refractivity contribution >= 4 is 51.5 Å². The Kier molecular flexibility index (Phi) is 6.85. The van der Waals surface area contributed by atoms with Crippen LogP contribution in [0.2, 0.25) is 10.0 Å². The third-order valence-electron chi connectivity index (χ3n) is 6.05. The maximum atomic E-state index is 10.9. The molecule has 2 aliphatic rings. The van der Waals surface area contributed by atoms with Crippen molar-refractivity contribution in [1.29, 1.82) is 0 Å². The lowest BCUT2D eigenvalue weighted by molar-refractivity contribution is 0.188. The molecule has 3 heterocycles. The zero-order valence-electron chi connectivity index (χ0n) is 18.3. The number of aliphatic hydroxyl groups is 1. The van der Waals surface area contributed by atoms with Crippen molar-refractivity contribution in [2.75, 3.05) is 44.2 Å². The van der Waals surface area contributed by atoms with E-state index in [4.69, 9.17) is 23.2 Å². The fourth-order valence-corrected chi connectivity index (χ4v) is 5.75. The molecule has 0 radical (unpaired) electrons. The number of β-amino-alcohol motifs (C(OH)–C–C–N with tert-alkyl or cyclic N) is 1. The molecule has 0 atom stereocenters.